The highest BCUT2D eigenvalue weighted by Crippen LogP contribution is 2.03. The molecule has 1 aromatic rings. The van der Waals surface area contributed by atoms with Crippen molar-refractivity contribution in [2.45, 2.75) is 13.3 Å². The first kappa shape index (κ1) is 8.09. The van der Waals surface area contributed by atoms with Gasteiger partial charge in [0.2, 0.25) is 5.01 Å². The second-order valence-corrected chi connectivity index (χ2v) is 2.59. The van der Waals surface area contributed by atoms with Gasteiger partial charge in [0.05, 0.1) is 0 Å². The third-order valence-electron chi connectivity index (χ3n) is 1.11. The summed E-state index contributed by atoms with van der Waals surface area (Å²) in [5.74, 6) is 5.18. The Bertz CT molecular complexity index is 259. The Morgan fingerprint density at radius 3 is 3.00 bits per heavy atom. The number of hydrogen-bond acceptors (Lipinski definition) is 5. The maximum Gasteiger partial charge on any atom is 0.295 e. The van der Waals surface area contributed by atoms with E-state index in [2.05, 4.69) is 9.36 Å². The average molecular weight is 172 g/mol. The maximum atomic E-state index is 10.8. The smallest absolute Gasteiger partial charge is 0.288 e. The molecular formula is C5H8N4OS. The number of hydrogen-bond donors (Lipinski definition) is 2. The zero-order valence-electron chi connectivity index (χ0n) is 6.00. The third kappa shape index (κ3) is 1.72. The predicted molar refractivity (Wildman–Crippen MR) is 40.9 cm³/mol. The molecule has 0 aliphatic heterocycles. The number of aromatic nitrogens is 2. The number of nitrogens with zero attached hydrogens (tertiary/aromatic N) is 2. The number of carbonyl (C=O) groups excluding carboxylic acids is 1. The summed E-state index contributed by atoms with van der Waals surface area (Å²) in [7, 11) is 0. The highest BCUT2D eigenvalue weighted by molar-refractivity contribution is 7.07. The molecule has 0 spiro atoms. The second kappa shape index (κ2) is 3.40. The third-order valence-corrected chi connectivity index (χ3v) is 1.86. The van der Waals surface area contributed by atoms with Crippen LogP contribution in [0.5, 0.6) is 0 Å². The summed E-state index contributed by atoms with van der Waals surface area (Å²) in [4.78, 5) is 14.7. The highest BCUT2D eigenvalue weighted by Gasteiger charge is 2.09. The van der Waals surface area contributed by atoms with Crippen molar-refractivity contribution in [2.75, 3.05) is 0 Å². The molecule has 0 aliphatic carbocycles. The molecular weight excluding hydrogens is 164 g/mol. The molecule has 6 heteroatoms. The van der Waals surface area contributed by atoms with E-state index in [1.807, 2.05) is 12.3 Å². The van der Waals surface area contributed by atoms with Crippen LogP contribution in [0.3, 0.4) is 0 Å². The minimum Gasteiger partial charge on any atom is -0.288 e. The average Bonchev–Trinajstić information content (AvgIpc) is 2.50. The number of nitrogens with two attached hydrogens (primary N) is 1. The van der Waals surface area contributed by atoms with Crippen LogP contribution >= 0.6 is 11.5 Å². The van der Waals surface area contributed by atoms with Gasteiger partial charge >= 0.3 is 0 Å². The summed E-state index contributed by atoms with van der Waals surface area (Å²) in [6.45, 7) is 1.92. The van der Waals surface area contributed by atoms with E-state index in [9.17, 15) is 4.79 Å². The Kier molecular flexibility index (Phi) is 2.50. The van der Waals surface area contributed by atoms with Crippen LogP contribution in [0, 0.1) is 0 Å². The molecule has 60 valence electrons. The van der Waals surface area contributed by atoms with Gasteiger partial charge in [-0.2, -0.15) is 4.37 Å². The zero-order chi connectivity index (χ0) is 8.27. The van der Waals surface area contributed by atoms with Crippen molar-refractivity contribution < 1.29 is 4.79 Å². The van der Waals surface area contributed by atoms with E-state index < -0.39 is 0 Å². The van der Waals surface area contributed by atoms with Crippen molar-refractivity contribution >= 4 is 17.4 Å². The lowest BCUT2D eigenvalue weighted by Crippen LogP contribution is -2.29. The summed E-state index contributed by atoms with van der Waals surface area (Å²) < 4.78 is 3.92. The number of nitrogens with one attached hydrogen (secondary N) is 1. The fraction of sp³-hybridized carbons (Fsp3) is 0.400. The van der Waals surface area contributed by atoms with Crippen LogP contribution in [0.15, 0.2) is 0 Å². The Morgan fingerprint density at radius 2 is 2.55 bits per heavy atom. The molecule has 0 saturated carbocycles. The minimum absolute atomic E-state index is 0.310. The SMILES string of the molecule is CCc1nsc(C(=O)NN)n1. The van der Waals surface area contributed by atoms with Gasteiger partial charge in [-0.1, -0.05) is 6.92 Å². The number of carbonyl (C=O) groups is 1. The molecule has 1 heterocycles. The lowest BCUT2D eigenvalue weighted by atomic mass is 10.5. The molecule has 0 radical (unpaired) electrons. The first-order valence-corrected chi connectivity index (χ1v) is 3.88. The van der Waals surface area contributed by atoms with Gasteiger partial charge in [-0.05, 0) is 11.5 Å². The molecule has 1 amide bonds. The molecule has 3 N–H and O–H groups in total. The minimum atomic E-state index is -0.387. The Morgan fingerprint density at radius 1 is 1.82 bits per heavy atom. The van der Waals surface area contributed by atoms with Crippen LogP contribution in [-0.4, -0.2) is 15.3 Å². The van der Waals surface area contributed by atoms with Gasteiger partial charge in [-0.3, -0.25) is 10.2 Å². The van der Waals surface area contributed by atoms with Crippen molar-refractivity contribution in [3.63, 3.8) is 0 Å². The second-order valence-electron chi connectivity index (χ2n) is 1.84. The number of aryl methyl sites for hydroxylation is 1. The van der Waals surface area contributed by atoms with Crippen LogP contribution in [-0.2, 0) is 6.42 Å². The Hall–Kier alpha value is -1.01. The van der Waals surface area contributed by atoms with E-state index in [0.717, 1.165) is 18.0 Å². The monoisotopic (exact) mass is 172 g/mol. The van der Waals surface area contributed by atoms with E-state index in [4.69, 9.17) is 5.84 Å². The summed E-state index contributed by atoms with van der Waals surface area (Å²) in [5.41, 5.74) is 1.99. The topological polar surface area (TPSA) is 80.9 Å². The number of hydrazine groups is 1. The molecule has 11 heavy (non-hydrogen) atoms. The molecule has 0 aromatic carbocycles. The fourth-order valence-corrected chi connectivity index (χ4v) is 1.20. The van der Waals surface area contributed by atoms with Crippen molar-refractivity contribution in [1.82, 2.24) is 14.8 Å². The predicted octanol–water partition coefficient (Wildman–Crippen LogP) is -0.296. The standard InChI is InChI=1S/C5H8N4OS/c1-2-3-7-5(11-9-3)4(10)8-6/h2,6H2,1H3,(H,8,10). The van der Waals surface area contributed by atoms with Gasteiger partial charge in [-0.25, -0.2) is 10.8 Å². The van der Waals surface area contributed by atoms with E-state index in [-0.39, 0.29) is 5.91 Å². The molecule has 0 saturated heterocycles. The van der Waals surface area contributed by atoms with Gasteiger partial charge in [0, 0.05) is 6.42 Å². The summed E-state index contributed by atoms with van der Waals surface area (Å²) in [6.07, 6.45) is 0.731. The zero-order valence-corrected chi connectivity index (χ0v) is 6.81. The van der Waals surface area contributed by atoms with Crippen LogP contribution in [0.2, 0.25) is 0 Å². The molecule has 0 aliphatic rings. The molecule has 1 rings (SSSR count). The normalized spacial score (nSPS) is 9.64. The van der Waals surface area contributed by atoms with Crippen LogP contribution in [0.25, 0.3) is 0 Å². The maximum absolute atomic E-state index is 10.8. The van der Waals surface area contributed by atoms with E-state index >= 15 is 0 Å². The summed E-state index contributed by atoms with van der Waals surface area (Å²) >= 11 is 1.05. The highest BCUT2D eigenvalue weighted by atomic mass is 32.1. The lowest BCUT2D eigenvalue weighted by molar-refractivity contribution is 0.0953. The number of rotatable bonds is 2. The van der Waals surface area contributed by atoms with Gasteiger partial charge in [0.15, 0.2) is 0 Å². The Labute approximate surface area is 67.8 Å². The lowest BCUT2D eigenvalue weighted by Gasteiger charge is -1.89. The number of amides is 1. The first-order chi connectivity index (χ1) is 5.27. The van der Waals surface area contributed by atoms with Crippen molar-refractivity contribution in [3.05, 3.63) is 10.8 Å². The molecule has 0 unspecified atom stereocenters. The summed E-state index contributed by atoms with van der Waals surface area (Å²) in [6, 6.07) is 0. The van der Waals surface area contributed by atoms with Gasteiger partial charge in [0.25, 0.3) is 5.91 Å². The van der Waals surface area contributed by atoms with Gasteiger partial charge in [0.1, 0.15) is 5.82 Å². The molecule has 0 atom stereocenters. The molecule has 1 aromatic heterocycles. The van der Waals surface area contributed by atoms with Crippen molar-refractivity contribution in [1.29, 1.82) is 0 Å². The van der Waals surface area contributed by atoms with Gasteiger partial charge in [-0.15, -0.1) is 0 Å². The Balaban J connectivity index is 2.80. The van der Waals surface area contributed by atoms with E-state index in [0.29, 0.717) is 10.8 Å². The van der Waals surface area contributed by atoms with Gasteiger partial charge < -0.3 is 0 Å². The largest absolute Gasteiger partial charge is 0.295 e. The van der Waals surface area contributed by atoms with E-state index in [1.165, 1.54) is 0 Å². The fourth-order valence-electron chi connectivity index (χ4n) is 0.552. The molecule has 0 fully saturated rings. The van der Waals surface area contributed by atoms with Crippen molar-refractivity contribution in [2.24, 2.45) is 5.84 Å². The first-order valence-electron chi connectivity index (χ1n) is 3.11. The number of nitrogen functional groups attached to an aromatic ring is 1. The van der Waals surface area contributed by atoms with Crippen LogP contribution in [0.1, 0.15) is 22.6 Å². The van der Waals surface area contributed by atoms with Crippen molar-refractivity contribution in [3.8, 4) is 0 Å². The van der Waals surface area contributed by atoms with Crippen LogP contribution < -0.4 is 11.3 Å². The summed E-state index contributed by atoms with van der Waals surface area (Å²) in [5, 5.41) is 0.310. The molecule has 5 nitrogen and oxygen atoms in total. The quantitative estimate of drug-likeness (QED) is 0.365. The van der Waals surface area contributed by atoms with Crippen LogP contribution in [0.4, 0.5) is 0 Å². The molecule has 0 bridgehead atoms. The van der Waals surface area contributed by atoms with E-state index in [1.54, 1.807) is 0 Å².